The molecular formula is C18H15N3O5S. The van der Waals surface area contributed by atoms with Crippen LogP contribution in [-0.2, 0) is 4.79 Å². The summed E-state index contributed by atoms with van der Waals surface area (Å²) in [6.45, 7) is 0. The van der Waals surface area contributed by atoms with Crippen molar-refractivity contribution in [3.8, 4) is 11.5 Å². The van der Waals surface area contributed by atoms with E-state index >= 15 is 0 Å². The van der Waals surface area contributed by atoms with Gasteiger partial charge in [0, 0.05) is 18.2 Å². The minimum atomic E-state index is -0.476. The second-order valence-corrected chi connectivity index (χ2v) is 6.34. The third kappa shape index (κ3) is 4.04. The summed E-state index contributed by atoms with van der Waals surface area (Å²) in [5, 5.41) is 13.8. The van der Waals surface area contributed by atoms with Crippen molar-refractivity contribution in [1.82, 2.24) is 4.98 Å². The number of anilines is 1. The zero-order chi connectivity index (χ0) is 19.4. The summed E-state index contributed by atoms with van der Waals surface area (Å²) in [5.74, 6) is 0.861. The molecular weight excluding hydrogens is 370 g/mol. The van der Waals surface area contributed by atoms with Crippen LogP contribution in [0.2, 0.25) is 0 Å². The number of aromatic nitrogens is 1. The highest BCUT2D eigenvalue weighted by molar-refractivity contribution is 7.22. The Morgan fingerprint density at radius 2 is 1.81 bits per heavy atom. The molecule has 1 N–H and O–H groups in total. The number of carbonyl (C=O) groups excluding carboxylic acids is 1. The molecule has 9 heteroatoms. The van der Waals surface area contributed by atoms with Crippen LogP contribution in [0.3, 0.4) is 0 Å². The summed E-state index contributed by atoms with van der Waals surface area (Å²) in [4.78, 5) is 26.7. The molecule has 0 fully saturated rings. The number of rotatable bonds is 6. The minimum absolute atomic E-state index is 0.00558. The number of carbonyl (C=O) groups is 1. The Labute approximate surface area is 158 Å². The van der Waals surface area contributed by atoms with Crippen LogP contribution in [0.1, 0.15) is 5.56 Å². The Balaban J connectivity index is 1.76. The summed E-state index contributed by atoms with van der Waals surface area (Å²) in [7, 11) is 3.11. The first kappa shape index (κ1) is 18.3. The number of fused-ring (bicyclic) bond motifs is 1. The number of amides is 1. The molecule has 0 saturated heterocycles. The van der Waals surface area contributed by atoms with Crippen LogP contribution >= 0.6 is 11.3 Å². The van der Waals surface area contributed by atoms with Gasteiger partial charge in [0.2, 0.25) is 5.91 Å². The predicted molar refractivity (Wildman–Crippen MR) is 103 cm³/mol. The fourth-order valence-electron chi connectivity index (χ4n) is 2.37. The predicted octanol–water partition coefficient (Wildman–Crippen LogP) is 3.87. The Morgan fingerprint density at radius 1 is 1.15 bits per heavy atom. The van der Waals surface area contributed by atoms with Crippen LogP contribution in [0.25, 0.3) is 16.3 Å². The molecule has 0 aliphatic heterocycles. The van der Waals surface area contributed by atoms with E-state index in [1.165, 1.54) is 29.5 Å². The molecule has 0 aliphatic carbocycles. The van der Waals surface area contributed by atoms with E-state index in [0.717, 1.165) is 4.70 Å². The van der Waals surface area contributed by atoms with Crippen molar-refractivity contribution >= 4 is 44.4 Å². The van der Waals surface area contributed by atoms with Crippen molar-refractivity contribution in [2.75, 3.05) is 19.5 Å². The quantitative estimate of drug-likeness (QED) is 0.392. The van der Waals surface area contributed by atoms with E-state index in [4.69, 9.17) is 9.47 Å². The van der Waals surface area contributed by atoms with E-state index in [9.17, 15) is 14.9 Å². The number of hydrogen-bond donors (Lipinski definition) is 1. The summed E-state index contributed by atoms with van der Waals surface area (Å²) in [5.41, 5.74) is 1.27. The molecule has 0 unspecified atom stereocenters. The number of nitro groups is 1. The molecule has 1 heterocycles. The zero-order valence-electron chi connectivity index (χ0n) is 14.5. The summed E-state index contributed by atoms with van der Waals surface area (Å²) in [6, 6.07) is 9.42. The summed E-state index contributed by atoms with van der Waals surface area (Å²) < 4.78 is 11.4. The monoisotopic (exact) mass is 385 g/mol. The number of ether oxygens (including phenoxy) is 2. The summed E-state index contributed by atoms with van der Waals surface area (Å²) >= 11 is 1.28. The van der Waals surface area contributed by atoms with E-state index in [-0.39, 0.29) is 11.6 Å². The van der Waals surface area contributed by atoms with Gasteiger partial charge in [0.25, 0.3) is 5.69 Å². The first-order valence-electron chi connectivity index (χ1n) is 7.77. The molecule has 0 aliphatic rings. The molecule has 0 spiro atoms. The lowest BCUT2D eigenvalue weighted by Crippen LogP contribution is -2.07. The zero-order valence-corrected chi connectivity index (χ0v) is 15.3. The number of nitrogens with zero attached hydrogens (tertiary/aromatic N) is 2. The Hall–Kier alpha value is -3.46. The van der Waals surface area contributed by atoms with Crippen LogP contribution in [0, 0.1) is 10.1 Å². The van der Waals surface area contributed by atoms with Gasteiger partial charge < -0.3 is 9.47 Å². The molecule has 0 saturated carbocycles. The number of nitro benzene ring substituents is 1. The van der Waals surface area contributed by atoms with E-state index in [1.807, 2.05) is 0 Å². The number of thiazole rings is 1. The Morgan fingerprint density at radius 3 is 2.44 bits per heavy atom. The van der Waals surface area contributed by atoms with E-state index in [1.54, 1.807) is 44.6 Å². The number of non-ortho nitro benzene ring substituents is 1. The third-order valence-electron chi connectivity index (χ3n) is 3.67. The van der Waals surface area contributed by atoms with Crippen LogP contribution < -0.4 is 14.8 Å². The van der Waals surface area contributed by atoms with Crippen LogP contribution in [0.4, 0.5) is 10.8 Å². The molecule has 2 aromatic carbocycles. The lowest BCUT2D eigenvalue weighted by Gasteiger charge is -2.03. The maximum absolute atomic E-state index is 12.1. The highest BCUT2D eigenvalue weighted by Crippen LogP contribution is 2.38. The lowest BCUT2D eigenvalue weighted by atomic mass is 10.2. The first-order chi connectivity index (χ1) is 13.0. The van der Waals surface area contributed by atoms with Gasteiger partial charge in [0.05, 0.1) is 19.1 Å². The standard InChI is InChI=1S/C18H15N3O5S/c1-25-13-8-9-14(26-2)17-16(13)20-18(27-17)19-15(22)10-5-11-3-6-12(7-4-11)21(23)24/h3-10H,1-2H3,(H,19,20,22). The molecule has 1 amide bonds. The van der Waals surface area contributed by atoms with Crippen LogP contribution in [0.5, 0.6) is 11.5 Å². The van der Waals surface area contributed by atoms with Gasteiger partial charge in [-0.2, -0.15) is 0 Å². The van der Waals surface area contributed by atoms with Gasteiger partial charge in [0.1, 0.15) is 21.7 Å². The van der Waals surface area contributed by atoms with E-state index in [2.05, 4.69) is 10.3 Å². The van der Waals surface area contributed by atoms with Crippen molar-refractivity contribution in [2.24, 2.45) is 0 Å². The SMILES string of the molecule is COc1ccc(OC)c2sc(NC(=O)C=Cc3ccc([N+](=O)[O-])cc3)nc12. The molecule has 0 bridgehead atoms. The number of benzene rings is 2. The lowest BCUT2D eigenvalue weighted by molar-refractivity contribution is -0.384. The fourth-order valence-corrected chi connectivity index (χ4v) is 3.34. The van der Waals surface area contributed by atoms with E-state index in [0.29, 0.717) is 27.7 Å². The summed E-state index contributed by atoms with van der Waals surface area (Å²) in [6.07, 6.45) is 2.90. The fraction of sp³-hybridized carbons (Fsp3) is 0.111. The normalized spacial score (nSPS) is 10.9. The van der Waals surface area contributed by atoms with Gasteiger partial charge in [-0.15, -0.1) is 0 Å². The van der Waals surface area contributed by atoms with Crippen molar-refractivity contribution in [3.63, 3.8) is 0 Å². The van der Waals surface area contributed by atoms with Crippen molar-refractivity contribution < 1.29 is 19.2 Å². The van der Waals surface area contributed by atoms with Gasteiger partial charge in [-0.1, -0.05) is 11.3 Å². The van der Waals surface area contributed by atoms with Crippen molar-refractivity contribution in [3.05, 3.63) is 58.2 Å². The average Bonchev–Trinajstić information content (AvgIpc) is 3.09. The first-order valence-corrected chi connectivity index (χ1v) is 8.58. The molecule has 3 rings (SSSR count). The topological polar surface area (TPSA) is 104 Å². The molecule has 1 aromatic heterocycles. The van der Waals surface area contributed by atoms with Crippen molar-refractivity contribution in [2.45, 2.75) is 0 Å². The van der Waals surface area contributed by atoms with Gasteiger partial charge in [-0.05, 0) is 35.9 Å². The maximum Gasteiger partial charge on any atom is 0.269 e. The second kappa shape index (κ2) is 7.83. The van der Waals surface area contributed by atoms with Crippen LogP contribution in [0.15, 0.2) is 42.5 Å². The van der Waals surface area contributed by atoms with Crippen molar-refractivity contribution in [1.29, 1.82) is 0 Å². The highest BCUT2D eigenvalue weighted by Gasteiger charge is 2.14. The number of methoxy groups -OCH3 is 2. The van der Waals surface area contributed by atoms with E-state index < -0.39 is 4.92 Å². The van der Waals surface area contributed by atoms with Gasteiger partial charge >= 0.3 is 0 Å². The van der Waals surface area contributed by atoms with Crippen LogP contribution in [-0.4, -0.2) is 30.0 Å². The average molecular weight is 385 g/mol. The smallest absolute Gasteiger partial charge is 0.269 e. The third-order valence-corrected chi connectivity index (χ3v) is 4.66. The molecule has 138 valence electrons. The molecule has 0 radical (unpaired) electrons. The Bertz CT molecular complexity index is 986. The largest absolute Gasteiger partial charge is 0.495 e. The number of nitrogens with one attached hydrogen (secondary N) is 1. The maximum atomic E-state index is 12.1. The van der Waals surface area contributed by atoms with Gasteiger partial charge in [0.15, 0.2) is 5.13 Å². The highest BCUT2D eigenvalue weighted by atomic mass is 32.1. The molecule has 8 nitrogen and oxygen atoms in total. The minimum Gasteiger partial charge on any atom is -0.495 e. The second-order valence-electron chi connectivity index (χ2n) is 5.34. The molecule has 3 aromatic rings. The number of hydrogen-bond acceptors (Lipinski definition) is 7. The van der Waals surface area contributed by atoms with Gasteiger partial charge in [-0.3, -0.25) is 20.2 Å². The molecule has 0 atom stereocenters. The van der Waals surface area contributed by atoms with Gasteiger partial charge in [-0.25, -0.2) is 4.98 Å². The Kier molecular flexibility index (Phi) is 5.32. The molecule has 27 heavy (non-hydrogen) atoms.